The molecule has 5 aromatic rings. The van der Waals surface area contributed by atoms with E-state index in [1.165, 1.54) is 7.11 Å². The quantitative estimate of drug-likeness (QED) is 0.175. The van der Waals surface area contributed by atoms with Gasteiger partial charge in [0.2, 0.25) is 0 Å². The van der Waals surface area contributed by atoms with Gasteiger partial charge in [-0.1, -0.05) is 41.9 Å². The minimum atomic E-state index is -1.13. The number of ether oxygens (including phenoxy) is 1. The molecular weight excluding hydrogens is 524 g/mol. The summed E-state index contributed by atoms with van der Waals surface area (Å²) in [6.07, 6.45) is 3.50. The number of hydrogen-bond acceptors (Lipinski definition) is 7. The molecule has 2 heterocycles. The van der Waals surface area contributed by atoms with Crippen LogP contribution in [-0.4, -0.2) is 33.0 Å². The third-order valence-corrected chi connectivity index (χ3v) is 6.84. The monoisotopic (exact) mass is 542 g/mol. The highest BCUT2D eigenvalue weighted by Gasteiger charge is 2.19. The number of halogens is 1. The SMILES string of the molecule is COc1ccc(Cl)cc1-c1nnc(S/C(=C\c2cn(Cc3ccc(C#N)cc3)c3ccccc23)C(=O)O)o1. The van der Waals surface area contributed by atoms with Crippen molar-refractivity contribution in [2.24, 2.45) is 0 Å². The Labute approximate surface area is 226 Å². The molecule has 0 saturated carbocycles. The first-order valence-corrected chi connectivity index (χ1v) is 12.5. The van der Waals surface area contributed by atoms with Crippen molar-refractivity contribution in [1.82, 2.24) is 14.8 Å². The van der Waals surface area contributed by atoms with Crippen LogP contribution in [0, 0.1) is 11.3 Å². The van der Waals surface area contributed by atoms with Crippen LogP contribution in [0.25, 0.3) is 28.4 Å². The Kier molecular flexibility index (Phi) is 7.18. The largest absolute Gasteiger partial charge is 0.496 e. The molecule has 38 heavy (non-hydrogen) atoms. The lowest BCUT2D eigenvalue weighted by Gasteiger charge is -2.05. The second-order valence-corrected chi connectivity index (χ2v) is 9.60. The number of nitriles is 1. The number of methoxy groups -OCH3 is 1. The number of hydrogen-bond donors (Lipinski definition) is 1. The predicted molar refractivity (Wildman–Crippen MR) is 145 cm³/mol. The molecule has 0 unspecified atom stereocenters. The number of carboxylic acids is 1. The van der Waals surface area contributed by atoms with Gasteiger partial charge in [-0.25, -0.2) is 4.79 Å². The highest BCUT2D eigenvalue weighted by molar-refractivity contribution is 8.03. The molecule has 3 aromatic carbocycles. The maximum atomic E-state index is 12.2. The normalized spacial score (nSPS) is 11.4. The number of benzene rings is 3. The minimum Gasteiger partial charge on any atom is -0.496 e. The minimum absolute atomic E-state index is 0.0135. The zero-order chi connectivity index (χ0) is 26.6. The van der Waals surface area contributed by atoms with Crippen LogP contribution in [0.3, 0.4) is 0 Å². The van der Waals surface area contributed by atoms with Gasteiger partial charge >= 0.3 is 5.97 Å². The lowest BCUT2D eigenvalue weighted by Crippen LogP contribution is -1.98. The van der Waals surface area contributed by atoms with Gasteiger partial charge in [0.15, 0.2) is 0 Å². The van der Waals surface area contributed by atoms with E-state index in [2.05, 4.69) is 16.3 Å². The first-order valence-electron chi connectivity index (χ1n) is 11.3. The van der Waals surface area contributed by atoms with Crippen LogP contribution in [0.1, 0.15) is 16.7 Å². The summed E-state index contributed by atoms with van der Waals surface area (Å²) in [4.78, 5) is 12.2. The van der Waals surface area contributed by atoms with Gasteiger partial charge in [0.25, 0.3) is 11.1 Å². The van der Waals surface area contributed by atoms with Gasteiger partial charge in [-0.3, -0.25) is 0 Å². The van der Waals surface area contributed by atoms with Crippen molar-refractivity contribution in [3.05, 3.63) is 99.5 Å². The molecule has 0 radical (unpaired) electrons. The highest BCUT2D eigenvalue weighted by Crippen LogP contribution is 2.35. The number of thioether (sulfide) groups is 1. The summed E-state index contributed by atoms with van der Waals surface area (Å²) in [7, 11) is 1.52. The molecule has 2 aromatic heterocycles. The van der Waals surface area contributed by atoms with Crippen molar-refractivity contribution in [2.75, 3.05) is 7.11 Å². The fourth-order valence-electron chi connectivity index (χ4n) is 3.98. The van der Waals surface area contributed by atoms with Gasteiger partial charge in [0, 0.05) is 34.2 Å². The molecule has 0 aliphatic heterocycles. The molecule has 5 rings (SSSR count). The van der Waals surface area contributed by atoms with E-state index in [1.54, 1.807) is 36.4 Å². The Morgan fingerprint density at radius 2 is 1.97 bits per heavy atom. The predicted octanol–water partition coefficient (Wildman–Crippen LogP) is 6.49. The van der Waals surface area contributed by atoms with Gasteiger partial charge in [-0.05, 0) is 59.8 Å². The zero-order valence-corrected chi connectivity index (χ0v) is 21.5. The van der Waals surface area contributed by atoms with E-state index in [0.29, 0.717) is 28.4 Å². The van der Waals surface area contributed by atoms with Gasteiger partial charge in [-0.2, -0.15) is 5.26 Å². The first kappa shape index (κ1) is 25.1. The maximum absolute atomic E-state index is 12.2. The molecule has 1 N–H and O–H groups in total. The third kappa shape index (κ3) is 5.27. The molecule has 0 saturated heterocycles. The molecular formula is C28H19ClN4O4S. The summed E-state index contributed by atoms with van der Waals surface area (Å²) in [5, 5.41) is 28.5. The number of carboxylic acid groups (broad SMARTS) is 1. The van der Waals surface area contributed by atoms with E-state index in [1.807, 2.05) is 47.2 Å². The Bertz CT molecular complexity index is 1720. The van der Waals surface area contributed by atoms with E-state index in [-0.39, 0.29) is 16.0 Å². The van der Waals surface area contributed by atoms with Gasteiger partial charge in [-0.15, -0.1) is 10.2 Å². The van der Waals surface area contributed by atoms with Crippen LogP contribution in [0.4, 0.5) is 0 Å². The fourth-order valence-corrected chi connectivity index (χ4v) is 4.82. The number of aliphatic carboxylic acids is 1. The Morgan fingerprint density at radius 3 is 2.71 bits per heavy atom. The molecule has 0 fully saturated rings. The maximum Gasteiger partial charge on any atom is 0.342 e. The number of rotatable bonds is 8. The van der Waals surface area contributed by atoms with Crippen molar-refractivity contribution in [1.29, 1.82) is 5.26 Å². The lowest BCUT2D eigenvalue weighted by molar-refractivity contribution is -0.131. The second-order valence-electron chi connectivity index (χ2n) is 8.17. The summed E-state index contributed by atoms with van der Waals surface area (Å²) in [5.41, 5.74) is 3.80. The molecule has 188 valence electrons. The zero-order valence-electron chi connectivity index (χ0n) is 20.0. The summed E-state index contributed by atoms with van der Waals surface area (Å²) < 4.78 is 13.1. The fraction of sp³-hybridized carbons (Fsp3) is 0.0714. The Morgan fingerprint density at radius 1 is 1.18 bits per heavy atom. The molecule has 0 aliphatic rings. The summed E-state index contributed by atoms with van der Waals surface area (Å²) in [5.74, 6) is -0.465. The third-order valence-electron chi connectivity index (χ3n) is 5.75. The molecule has 10 heteroatoms. The average Bonchev–Trinajstić information content (AvgIpc) is 3.53. The van der Waals surface area contributed by atoms with E-state index < -0.39 is 5.97 Å². The number of para-hydroxylation sites is 1. The number of fused-ring (bicyclic) bond motifs is 1. The second kappa shape index (κ2) is 10.8. The van der Waals surface area contributed by atoms with Crippen molar-refractivity contribution < 1.29 is 19.1 Å². The Balaban J connectivity index is 1.47. The molecule has 0 atom stereocenters. The van der Waals surface area contributed by atoms with Gasteiger partial charge in [0.05, 0.1) is 24.3 Å². The number of carbonyl (C=O) groups is 1. The highest BCUT2D eigenvalue weighted by atomic mass is 35.5. The van der Waals surface area contributed by atoms with Crippen LogP contribution in [-0.2, 0) is 11.3 Å². The van der Waals surface area contributed by atoms with E-state index >= 15 is 0 Å². The topological polar surface area (TPSA) is 114 Å². The van der Waals surface area contributed by atoms with Crippen LogP contribution in [0.15, 0.2) is 87.5 Å². The van der Waals surface area contributed by atoms with Crippen molar-refractivity contribution in [3.63, 3.8) is 0 Å². The molecule has 8 nitrogen and oxygen atoms in total. The van der Waals surface area contributed by atoms with Crippen molar-refractivity contribution >= 4 is 46.3 Å². The molecule has 0 aliphatic carbocycles. The molecule has 0 bridgehead atoms. The van der Waals surface area contributed by atoms with Crippen LogP contribution in [0.2, 0.25) is 5.02 Å². The molecule has 0 amide bonds. The van der Waals surface area contributed by atoms with E-state index in [0.717, 1.165) is 33.8 Å². The van der Waals surface area contributed by atoms with Gasteiger partial charge < -0.3 is 18.8 Å². The first-order chi connectivity index (χ1) is 18.4. The smallest absolute Gasteiger partial charge is 0.342 e. The van der Waals surface area contributed by atoms with Crippen LogP contribution < -0.4 is 4.74 Å². The summed E-state index contributed by atoms with van der Waals surface area (Å²) in [6.45, 7) is 0.560. The van der Waals surface area contributed by atoms with E-state index in [9.17, 15) is 9.90 Å². The van der Waals surface area contributed by atoms with Crippen molar-refractivity contribution in [3.8, 4) is 23.3 Å². The van der Waals surface area contributed by atoms with Crippen LogP contribution in [0.5, 0.6) is 5.75 Å². The number of nitrogens with zero attached hydrogens (tertiary/aromatic N) is 4. The summed E-state index contributed by atoms with van der Waals surface area (Å²) >= 11 is 6.97. The van der Waals surface area contributed by atoms with Crippen LogP contribution >= 0.6 is 23.4 Å². The molecule has 0 spiro atoms. The van der Waals surface area contributed by atoms with E-state index in [4.69, 9.17) is 26.0 Å². The van der Waals surface area contributed by atoms with Crippen molar-refractivity contribution in [2.45, 2.75) is 11.8 Å². The average molecular weight is 543 g/mol. The number of aromatic nitrogens is 3. The summed E-state index contributed by atoms with van der Waals surface area (Å²) in [6, 6.07) is 22.2. The lowest BCUT2D eigenvalue weighted by atomic mass is 10.1. The van der Waals surface area contributed by atoms with Gasteiger partial charge in [0.1, 0.15) is 10.7 Å². The Hall–Kier alpha value is -4.52. The standard InChI is InChI=1S/C28H19ClN4O4S/c1-36-24-11-10-20(29)13-22(24)26-31-32-28(37-26)38-25(27(34)35)12-19-16-33(23-5-3-2-4-21(19)23)15-18-8-6-17(14-30)7-9-18/h2-13,16H,15H2,1H3,(H,34,35)/b25-12-.